The van der Waals surface area contributed by atoms with Gasteiger partial charge >= 0.3 is 5.97 Å². The van der Waals surface area contributed by atoms with Gasteiger partial charge < -0.3 is 18.9 Å². The summed E-state index contributed by atoms with van der Waals surface area (Å²) in [5.74, 6) is 0.270. The van der Waals surface area contributed by atoms with E-state index in [1.165, 1.54) is 7.11 Å². The van der Waals surface area contributed by atoms with E-state index in [9.17, 15) is 9.59 Å². The first-order valence-corrected chi connectivity index (χ1v) is 12.5. The van der Waals surface area contributed by atoms with Crippen molar-refractivity contribution in [3.05, 3.63) is 101 Å². The van der Waals surface area contributed by atoms with Gasteiger partial charge in [0, 0.05) is 40.6 Å². The standard InChI is InChI=1S/C30H27ClN2O4/c1-20-10-12-27(26-17-23(31)11-13-28(26)37-19-21-7-4-3-5-8-21)33(20)25-16-22(30(35)36-2)15-24(18-25)32-14-6-9-29(32)34/h3-5,7-8,10-13,15-18H,6,9,14,19H2,1-2H3. The molecule has 1 aromatic heterocycles. The van der Waals surface area contributed by atoms with Crippen molar-refractivity contribution in [2.24, 2.45) is 0 Å². The molecule has 188 valence electrons. The van der Waals surface area contributed by atoms with E-state index >= 15 is 0 Å². The largest absolute Gasteiger partial charge is 0.488 e. The third-order valence-electron chi connectivity index (χ3n) is 6.50. The van der Waals surface area contributed by atoms with E-state index < -0.39 is 5.97 Å². The Labute approximate surface area is 221 Å². The van der Waals surface area contributed by atoms with Gasteiger partial charge in [-0.05, 0) is 67.4 Å². The van der Waals surface area contributed by atoms with E-state index in [0.29, 0.717) is 41.6 Å². The summed E-state index contributed by atoms with van der Waals surface area (Å²) >= 11 is 6.43. The molecule has 0 aliphatic carbocycles. The number of halogens is 1. The minimum absolute atomic E-state index is 0.0452. The van der Waals surface area contributed by atoms with Crippen molar-refractivity contribution in [3.8, 4) is 22.7 Å². The average Bonchev–Trinajstić information content (AvgIpc) is 3.52. The van der Waals surface area contributed by atoms with Crippen LogP contribution in [0.1, 0.15) is 34.5 Å². The van der Waals surface area contributed by atoms with E-state index in [1.54, 1.807) is 23.1 Å². The third kappa shape index (κ3) is 5.11. The van der Waals surface area contributed by atoms with Crippen LogP contribution in [0.2, 0.25) is 5.02 Å². The van der Waals surface area contributed by atoms with Crippen molar-refractivity contribution in [2.75, 3.05) is 18.6 Å². The van der Waals surface area contributed by atoms with Crippen LogP contribution in [0.25, 0.3) is 16.9 Å². The Bertz CT molecular complexity index is 1460. The smallest absolute Gasteiger partial charge is 0.337 e. The summed E-state index contributed by atoms with van der Waals surface area (Å²) in [7, 11) is 1.35. The van der Waals surface area contributed by atoms with E-state index in [-0.39, 0.29) is 5.91 Å². The molecule has 0 unspecified atom stereocenters. The van der Waals surface area contributed by atoms with Crippen LogP contribution in [0.5, 0.6) is 5.75 Å². The first-order chi connectivity index (χ1) is 17.9. The third-order valence-corrected chi connectivity index (χ3v) is 6.73. The predicted molar refractivity (Wildman–Crippen MR) is 145 cm³/mol. The van der Waals surface area contributed by atoms with Gasteiger partial charge in [-0.25, -0.2) is 4.79 Å². The molecule has 1 amide bonds. The zero-order valence-electron chi connectivity index (χ0n) is 20.7. The molecule has 2 heterocycles. The van der Waals surface area contributed by atoms with Gasteiger partial charge in [0.05, 0.1) is 18.4 Å². The highest BCUT2D eigenvalue weighted by Crippen LogP contribution is 2.37. The van der Waals surface area contributed by atoms with Crippen molar-refractivity contribution in [1.29, 1.82) is 0 Å². The van der Waals surface area contributed by atoms with Crippen LogP contribution in [-0.4, -0.2) is 30.1 Å². The predicted octanol–water partition coefficient (Wildman–Crippen LogP) is 6.60. The molecule has 0 atom stereocenters. The maximum Gasteiger partial charge on any atom is 0.337 e. The lowest BCUT2D eigenvalue weighted by atomic mass is 10.1. The molecule has 3 aromatic carbocycles. The number of aryl methyl sites for hydroxylation is 1. The number of aromatic nitrogens is 1. The van der Waals surface area contributed by atoms with Gasteiger partial charge in [-0.2, -0.15) is 0 Å². The zero-order valence-corrected chi connectivity index (χ0v) is 21.5. The van der Waals surface area contributed by atoms with E-state index in [0.717, 1.165) is 34.6 Å². The Kier molecular flexibility index (Phi) is 7.01. The molecule has 0 saturated carbocycles. The van der Waals surface area contributed by atoms with Crippen LogP contribution in [0.15, 0.2) is 78.9 Å². The molecule has 1 fully saturated rings. The lowest BCUT2D eigenvalue weighted by Gasteiger charge is -2.21. The summed E-state index contributed by atoms with van der Waals surface area (Å²) in [5, 5.41) is 0.583. The highest BCUT2D eigenvalue weighted by atomic mass is 35.5. The number of carbonyl (C=O) groups is 2. The summed E-state index contributed by atoms with van der Waals surface area (Å²) in [6, 6.07) is 24.9. The second-order valence-corrected chi connectivity index (χ2v) is 9.43. The Morgan fingerprint density at radius 3 is 2.49 bits per heavy atom. The fourth-order valence-electron chi connectivity index (χ4n) is 4.69. The Hall–Kier alpha value is -4.03. The number of hydrogen-bond donors (Lipinski definition) is 0. The van der Waals surface area contributed by atoms with Crippen LogP contribution in [0.3, 0.4) is 0 Å². The Balaban J connectivity index is 1.61. The number of anilines is 1. The highest BCUT2D eigenvalue weighted by molar-refractivity contribution is 6.31. The second-order valence-electron chi connectivity index (χ2n) is 8.99. The number of rotatable bonds is 7. The number of esters is 1. The zero-order chi connectivity index (χ0) is 25.9. The topological polar surface area (TPSA) is 60.8 Å². The lowest BCUT2D eigenvalue weighted by Crippen LogP contribution is -2.24. The van der Waals surface area contributed by atoms with Gasteiger partial charge in [0.15, 0.2) is 0 Å². The van der Waals surface area contributed by atoms with Crippen molar-refractivity contribution in [2.45, 2.75) is 26.4 Å². The van der Waals surface area contributed by atoms with Crippen molar-refractivity contribution in [1.82, 2.24) is 4.57 Å². The maximum atomic E-state index is 12.6. The van der Waals surface area contributed by atoms with Gasteiger partial charge in [0.2, 0.25) is 5.91 Å². The number of hydrogen-bond acceptors (Lipinski definition) is 4. The lowest BCUT2D eigenvalue weighted by molar-refractivity contribution is -0.117. The molecule has 0 spiro atoms. The van der Waals surface area contributed by atoms with Crippen molar-refractivity contribution < 1.29 is 19.1 Å². The highest BCUT2D eigenvalue weighted by Gasteiger charge is 2.24. The average molecular weight is 515 g/mol. The number of carbonyl (C=O) groups excluding carboxylic acids is 2. The van der Waals surface area contributed by atoms with Gasteiger partial charge in [-0.3, -0.25) is 4.79 Å². The second kappa shape index (κ2) is 10.5. The van der Waals surface area contributed by atoms with Crippen LogP contribution >= 0.6 is 11.6 Å². The summed E-state index contributed by atoms with van der Waals surface area (Å²) in [5.41, 5.74) is 5.46. The molecule has 0 N–H and O–H groups in total. The number of amides is 1. The van der Waals surface area contributed by atoms with Crippen molar-refractivity contribution >= 4 is 29.2 Å². The molecule has 1 aliphatic heterocycles. The first kappa shape index (κ1) is 24.7. The number of benzene rings is 3. The molecule has 37 heavy (non-hydrogen) atoms. The van der Waals surface area contributed by atoms with E-state index in [2.05, 4.69) is 0 Å². The summed E-state index contributed by atoms with van der Waals surface area (Å²) in [6.07, 6.45) is 1.28. The first-order valence-electron chi connectivity index (χ1n) is 12.1. The van der Waals surface area contributed by atoms with Crippen LogP contribution in [-0.2, 0) is 16.1 Å². The van der Waals surface area contributed by atoms with Crippen LogP contribution in [0, 0.1) is 6.92 Å². The summed E-state index contributed by atoms with van der Waals surface area (Å²) in [4.78, 5) is 26.8. The van der Waals surface area contributed by atoms with Crippen molar-refractivity contribution in [3.63, 3.8) is 0 Å². The fraction of sp³-hybridized carbons (Fsp3) is 0.200. The summed E-state index contributed by atoms with van der Waals surface area (Å²) < 4.78 is 13.3. The Morgan fingerprint density at radius 1 is 0.973 bits per heavy atom. The van der Waals surface area contributed by atoms with E-state index in [4.69, 9.17) is 21.1 Å². The summed E-state index contributed by atoms with van der Waals surface area (Å²) in [6.45, 7) is 3.02. The number of nitrogens with zero attached hydrogens (tertiary/aromatic N) is 2. The fourth-order valence-corrected chi connectivity index (χ4v) is 4.86. The Morgan fingerprint density at radius 2 is 1.76 bits per heavy atom. The van der Waals surface area contributed by atoms with Gasteiger partial charge in [0.25, 0.3) is 0 Å². The monoisotopic (exact) mass is 514 g/mol. The van der Waals surface area contributed by atoms with Gasteiger partial charge in [-0.15, -0.1) is 0 Å². The minimum Gasteiger partial charge on any atom is -0.488 e. The molecule has 1 saturated heterocycles. The molecule has 1 aliphatic rings. The molecular formula is C30H27ClN2O4. The normalized spacial score (nSPS) is 13.2. The minimum atomic E-state index is -0.462. The molecule has 7 heteroatoms. The van der Waals surface area contributed by atoms with Crippen LogP contribution < -0.4 is 9.64 Å². The number of methoxy groups -OCH3 is 1. The maximum absolute atomic E-state index is 12.6. The van der Waals surface area contributed by atoms with Gasteiger partial charge in [-0.1, -0.05) is 41.9 Å². The van der Waals surface area contributed by atoms with E-state index in [1.807, 2.05) is 72.2 Å². The van der Waals surface area contributed by atoms with Crippen LogP contribution in [0.4, 0.5) is 5.69 Å². The molecule has 6 nitrogen and oxygen atoms in total. The molecule has 5 rings (SSSR count). The van der Waals surface area contributed by atoms with Gasteiger partial charge in [0.1, 0.15) is 12.4 Å². The molecule has 4 aromatic rings. The number of ether oxygens (including phenoxy) is 2. The molecule has 0 bridgehead atoms. The molecular weight excluding hydrogens is 488 g/mol. The molecule has 0 radical (unpaired) electrons. The SMILES string of the molecule is COC(=O)c1cc(N2CCCC2=O)cc(-n2c(C)ccc2-c2cc(Cl)ccc2OCc2ccccc2)c1. The quantitative estimate of drug-likeness (QED) is 0.261.